The van der Waals surface area contributed by atoms with Crippen molar-refractivity contribution in [1.82, 2.24) is 10.2 Å². The van der Waals surface area contributed by atoms with Gasteiger partial charge in [-0.15, -0.1) is 0 Å². The minimum Gasteiger partial charge on any atom is -0.347 e. The van der Waals surface area contributed by atoms with E-state index in [1.165, 1.54) is 4.90 Å². The summed E-state index contributed by atoms with van der Waals surface area (Å²) in [5.74, 6) is 0.00111. The fourth-order valence-corrected chi connectivity index (χ4v) is 1.65. The van der Waals surface area contributed by atoms with Gasteiger partial charge in [-0.25, -0.2) is 0 Å². The zero-order valence-corrected chi connectivity index (χ0v) is 8.54. The third kappa shape index (κ3) is 1.37. The average Bonchev–Trinajstić information content (AvgIpc) is 2.47. The number of carbonyl (C=O) groups is 1. The number of nitrogens with one attached hydrogen (secondary N) is 1. The maximum atomic E-state index is 11.7. The number of carbonyl (C=O) groups excluding carboxylic acids is 1. The van der Waals surface area contributed by atoms with Crippen molar-refractivity contribution in [2.75, 3.05) is 7.05 Å². The maximum absolute atomic E-state index is 11.7. The van der Waals surface area contributed by atoms with E-state index in [2.05, 4.69) is 5.32 Å². The lowest BCUT2D eigenvalue weighted by molar-refractivity contribution is -0.126. The molecule has 2 rings (SSSR count). The molecule has 1 aliphatic heterocycles. The number of nitrogens with zero attached hydrogens (tertiary/aromatic N) is 1. The van der Waals surface area contributed by atoms with E-state index in [4.69, 9.17) is 12.2 Å². The van der Waals surface area contributed by atoms with Crippen molar-refractivity contribution < 1.29 is 4.79 Å². The molecule has 0 bridgehead atoms. The Morgan fingerprint density at radius 1 is 1.36 bits per heavy atom. The fraction of sp³-hybridized carbons (Fsp3) is 0.200. The minimum atomic E-state index is -0.311. The van der Waals surface area contributed by atoms with Gasteiger partial charge in [0.25, 0.3) is 5.91 Å². The molecule has 1 aromatic rings. The molecule has 14 heavy (non-hydrogen) atoms. The van der Waals surface area contributed by atoms with E-state index < -0.39 is 0 Å². The first-order valence-electron chi connectivity index (χ1n) is 4.33. The van der Waals surface area contributed by atoms with Gasteiger partial charge in [0.15, 0.2) is 5.11 Å². The lowest BCUT2D eigenvalue weighted by Crippen LogP contribution is -2.25. The molecule has 4 heteroatoms. The highest BCUT2D eigenvalue weighted by Gasteiger charge is 2.33. The highest BCUT2D eigenvalue weighted by Crippen LogP contribution is 2.20. The van der Waals surface area contributed by atoms with E-state index in [1.54, 1.807) is 7.05 Å². The summed E-state index contributed by atoms with van der Waals surface area (Å²) < 4.78 is 0. The Morgan fingerprint density at radius 3 is 2.50 bits per heavy atom. The van der Waals surface area contributed by atoms with Crippen molar-refractivity contribution >= 4 is 23.2 Å². The van der Waals surface area contributed by atoms with Crippen molar-refractivity contribution in [2.24, 2.45) is 0 Å². The third-order valence-corrected chi connectivity index (χ3v) is 2.67. The van der Waals surface area contributed by atoms with Gasteiger partial charge >= 0.3 is 0 Å². The van der Waals surface area contributed by atoms with Crippen LogP contribution in [0, 0.1) is 0 Å². The highest BCUT2D eigenvalue weighted by atomic mass is 32.1. The van der Waals surface area contributed by atoms with Gasteiger partial charge in [0.1, 0.15) is 6.04 Å². The van der Waals surface area contributed by atoms with Crippen LogP contribution in [0.25, 0.3) is 0 Å². The molecule has 1 amide bonds. The number of hydrogen-bond donors (Lipinski definition) is 1. The number of rotatable bonds is 1. The molecule has 1 N–H and O–H groups in total. The molecule has 1 heterocycles. The first kappa shape index (κ1) is 9.15. The van der Waals surface area contributed by atoms with Crippen molar-refractivity contribution in [1.29, 1.82) is 0 Å². The summed E-state index contributed by atoms with van der Waals surface area (Å²) in [6, 6.07) is 9.26. The zero-order chi connectivity index (χ0) is 10.1. The molecule has 1 saturated heterocycles. The van der Waals surface area contributed by atoms with Gasteiger partial charge in [-0.1, -0.05) is 30.3 Å². The molecule has 0 radical (unpaired) electrons. The summed E-state index contributed by atoms with van der Waals surface area (Å²) in [7, 11) is 1.68. The number of hydrogen-bond acceptors (Lipinski definition) is 2. The molecule has 0 saturated carbocycles. The molecule has 1 fully saturated rings. The summed E-state index contributed by atoms with van der Waals surface area (Å²) in [5, 5.41) is 3.47. The molecule has 0 aliphatic carbocycles. The normalized spacial score (nSPS) is 21.2. The zero-order valence-electron chi connectivity index (χ0n) is 7.73. The Kier molecular flexibility index (Phi) is 2.21. The predicted octanol–water partition coefficient (Wildman–Crippen LogP) is 1.07. The van der Waals surface area contributed by atoms with E-state index in [1.807, 2.05) is 30.3 Å². The average molecular weight is 206 g/mol. The fourth-order valence-electron chi connectivity index (χ4n) is 1.45. The largest absolute Gasteiger partial charge is 0.347 e. The Bertz CT molecular complexity index is 377. The van der Waals surface area contributed by atoms with Gasteiger partial charge in [0.05, 0.1) is 0 Å². The Hall–Kier alpha value is -1.42. The number of thiocarbonyl (C=S) groups is 1. The van der Waals surface area contributed by atoms with E-state index in [-0.39, 0.29) is 11.9 Å². The molecular weight excluding hydrogens is 196 g/mol. The molecule has 1 aromatic carbocycles. The quantitative estimate of drug-likeness (QED) is 0.698. The molecular formula is C10H10N2OS. The monoisotopic (exact) mass is 206 g/mol. The van der Waals surface area contributed by atoms with Gasteiger partial charge in [-0.3, -0.25) is 9.69 Å². The summed E-state index contributed by atoms with van der Waals surface area (Å²) in [6.07, 6.45) is 0. The first-order chi connectivity index (χ1) is 6.70. The van der Waals surface area contributed by atoms with E-state index >= 15 is 0 Å². The van der Waals surface area contributed by atoms with Crippen LogP contribution in [0.2, 0.25) is 0 Å². The lowest BCUT2D eigenvalue weighted by Gasteiger charge is -2.07. The van der Waals surface area contributed by atoms with Crippen LogP contribution in [0.1, 0.15) is 11.6 Å². The maximum Gasteiger partial charge on any atom is 0.255 e. The molecule has 1 atom stereocenters. The molecule has 72 valence electrons. The summed E-state index contributed by atoms with van der Waals surface area (Å²) in [6.45, 7) is 0. The molecule has 0 spiro atoms. The van der Waals surface area contributed by atoms with Crippen LogP contribution < -0.4 is 5.32 Å². The van der Waals surface area contributed by atoms with Gasteiger partial charge in [0, 0.05) is 7.05 Å². The van der Waals surface area contributed by atoms with Crippen LogP contribution in [0.3, 0.4) is 0 Å². The van der Waals surface area contributed by atoms with Crippen molar-refractivity contribution in [3.05, 3.63) is 35.9 Å². The van der Waals surface area contributed by atoms with Crippen LogP contribution in [0.15, 0.2) is 30.3 Å². The van der Waals surface area contributed by atoms with E-state index in [0.717, 1.165) is 5.56 Å². The van der Waals surface area contributed by atoms with Crippen LogP contribution in [0.4, 0.5) is 0 Å². The van der Waals surface area contributed by atoms with Crippen LogP contribution in [-0.4, -0.2) is 23.0 Å². The highest BCUT2D eigenvalue weighted by molar-refractivity contribution is 7.80. The van der Waals surface area contributed by atoms with Gasteiger partial charge in [-0.2, -0.15) is 0 Å². The number of benzene rings is 1. The standard InChI is InChI=1S/C10H10N2OS/c1-12-9(13)8(11-10(12)14)7-5-3-2-4-6-7/h2-6,8H,1H3,(H,11,14)/t8-/m1/s1. The third-order valence-electron chi connectivity index (χ3n) is 2.28. The van der Waals surface area contributed by atoms with E-state index in [0.29, 0.717) is 5.11 Å². The van der Waals surface area contributed by atoms with Crippen LogP contribution in [-0.2, 0) is 4.79 Å². The summed E-state index contributed by atoms with van der Waals surface area (Å²) in [5.41, 5.74) is 0.948. The molecule has 3 nitrogen and oxygen atoms in total. The second-order valence-electron chi connectivity index (χ2n) is 3.19. The predicted molar refractivity (Wildman–Crippen MR) is 57.7 cm³/mol. The van der Waals surface area contributed by atoms with E-state index in [9.17, 15) is 4.79 Å². The Morgan fingerprint density at radius 2 is 2.00 bits per heavy atom. The molecule has 0 aromatic heterocycles. The number of likely N-dealkylation sites (N-methyl/N-ethyl adjacent to an activating group) is 1. The minimum absolute atomic E-state index is 0.00111. The summed E-state index contributed by atoms with van der Waals surface area (Å²) >= 11 is 4.99. The van der Waals surface area contributed by atoms with Crippen LogP contribution in [0.5, 0.6) is 0 Å². The summed E-state index contributed by atoms with van der Waals surface area (Å²) in [4.78, 5) is 13.2. The smallest absolute Gasteiger partial charge is 0.255 e. The Balaban J connectivity index is 2.30. The molecule has 0 unspecified atom stereocenters. The van der Waals surface area contributed by atoms with Gasteiger partial charge in [-0.05, 0) is 17.8 Å². The van der Waals surface area contributed by atoms with Crippen molar-refractivity contribution in [3.8, 4) is 0 Å². The lowest BCUT2D eigenvalue weighted by atomic mass is 10.1. The van der Waals surface area contributed by atoms with Crippen LogP contribution >= 0.6 is 12.2 Å². The van der Waals surface area contributed by atoms with Gasteiger partial charge in [0.2, 0.25) is 0 Å². The van der Waals surface area contributed by atoms with Crippen molar-refractivity contribution in [2.45, 2.75) is 6.04 Å². The van der Waals surface area contributed by atoms with Crippen molar-refractivity contribution in [3.63, 3.8) is 0 Å². The second kappa shape index (κ2) is 3.38. The van der Waals surface area contributed by atoms with Gasteiger partial charge < -0.3 is 5.32 Å². The molecule has 1 aliphatic rings. The Labute approximate surface area is 87.7 Å². The number of amides is 1. The second-order valence-corrected chi connectivity index (χ2v) is 3.58. The first-order valence-corrected chi connectivity index (χ1v) is 4.74. The topological polar surface area (TPSA) is 32.3 Å². The SMILES string of the molecule is CN1C(=O)[C@@H](c2ccccc2)NC1=S.